The summed E-state index contributed by atoms with van der Waals surface area (Å²) in [6.07, 6.45) is 21.6. The van der Waals surface area contributed by atoms with Crippen LogP contribution in [-0.4, -0.2) is 4.98 Å². The molecule has 24 heavy (non-hydrogen) atoms. The highest BCUT2D eigenvalue weighted by Gasteiger charge is 2.04. The number of halogens is 1. The van der Waals surface area contributed by atoms with E-state index in [4.69, 9.17) is 0 Å². The van der Waals surface area contributed by atoms with Crippen LogP contribution < -0.4 is 0 Å². The summed E-state index contributed by atoms with van der Waals surface area (Å²) < 4.78 is 0. The molecular formula is C22H40BrN. The molecule has 1 rings (SSSR count). The Morgan fingerprint density at radius 3 is 1.83 bits per heavy atom. The van der Waals surface area contributed by atoms with Crippen molar-refractivity contribution >= 4 is 17.0 Å². The van der Waals surface area contributed by atoms with Gasteiger partial charge in [0.25, 0.3) is 0 Å². The summed E-state index contributed by atoms with van der Waals surface area (Å²) in [7, 11) is 0. The average Bonchev–Trinajstić information content (AvgIpc) is 2.57. The highest BCUT2D eigenvalue weighted by atomic mass is 79.9. The van der Waals surface area contributed by atoms with Gasteiger partial charge < -0.3 is 0 Å². The molecule has 1 aromatic heterocycles. The van der Waals surface area contributed by atoms with Gasteiger partial charge in [-0.2, -0.15) is 0 Å². The third-order valence-electron chi connectivity index (χ3n) is 4.83. The van der Waals surface area contributed by atoms with Gasteiger partial charge in [0, 0.05) is 11.9 Å². The normalized spacial score (nSPS) is 11.9. The summed E-state index contributed by atoms with van der Waals surface area (Å²) in [5.41, 5.74) is 1.25. The molecule has 140 valence electrons. The summed E-state index contributed by atoms with van der Waals surface area (Å²) in [4.78, 5) is 4.43. The monoisotopic (exact) mass is 397 g/mol. The van der Waals surface area contributed by atoms with Gasteiger partial charge in [-0.05, 0) is 24.5 Å². The van der Waals surface area contributed by atoms with E-state index in [2.05, 4.69) is 31.0 Å². The molecular weight excluding hydrogens is 358 g/mol. The predicted octanol–water partition coefficient (Wildman–Crippen LogP) is 7.93. The van der Waals surface area contributed by atoms with Crippen LogP contribution in [0, 0.1) is 5.92 Å². The van der Waals surface area contributed by atoms with E-state index in [0.29, 0.717) is 0 Å². The van der Waals surface area contributed by atoms with Crippen molar-refractivity contribution < 1.29 is 0 Å². The molecule has 1 aromatic rings. The fraction of sp³-hybridized carbons (Fsp3) is 0.773. The summed E-state index contributed by atoms with van der Waals surface area (Å²) in [5.74, 6) is 0.771. The Labute approximate surface area is 161 Å². The SMILES string of the molecule is Br.CCCCCCCCCCCCCCC(C)Cc1ccccn1. The number of unbranched alkanes of at least 4 members (excludes halogenated alkanes) is 11. The minimum atomic E-state index is 0. The fourth-order valence-electron chi connectivity index (χ4n) is 3.31. The lowest BCUT2D eigenvalue weighted by Gasteiger charge is -2.10. The number of aromatic nitrogens is 1. The van der Waals surface area contributed by atoms with Crippen LogP contribution in [0.2, 0.25) is 0 Å². The fourth-order valence-corrected chi connectivity index (χ4v) is 3.31. The molecule has 0 radical (unpaired) electrons. The van der Waals surface area contributed by atoms with Crippen LogP contribution in [0.4, 0.5) is 0 Å². The molecule has 0 aromatic carbocycles. The molecule has 0 saturated carbocycles. The molecule has 1 unspecified atom stereocenters. The van der Waals surface area contributed by atoms with Crippen molar-refractivity contribution in [3.63, 3.8) is 0 Å². The Morgan fingerprint density at radius 1 is 0.792 bits per heavy atom. The standard InChI is InChI=1S/C22H39N.BrH/c1-3-4-5-6-7-8-9-10-11-12-13-14-17-21(2)20-22-18-15-16-19-23-22;/h15-16,18-19,21H,3-14,17,20H2,1-2H3;1H. The Morgan fingerprint density at radius 2 is 1.33 bits per heavy atom. The van der Waals surface area contributed by atoms with Crippen molar-refractivity contribution in [1.82, 2.24) is 4.98 Å². The van der Waals surface area contributed by atoms with Crippen LogP contribution in [0.3, 0.4) is 0 Å². The van der Waals surface area contributed by atoms with Crippen molar-refractivity contribution in [3.8, 4) is 0 Å². The van der Waals surface area contributed by atoms with Crippen LogP contribution in [0.1, 0.15) is 103 Å². The molecule has 1 nitrogen and oxygen atoms in total. The molecule has 0 saturated heterocycles. The van der Waals surface area contributed by atoms with Crippen molar-refractivity contribution in [2.45, 2.75) is 104 Å². The second-order valence-electron chi connectivity index (χ2n) is 7.31. The summed E-state index contributed by atoms with van der Waals surface area (Å²) in [5, 5.41) is 0. The Bertz CT molecular complexity index is 352. The van der Waals surface area contributed by atoms with E-state index in [9.17, 15) is 0 Å². The topological polar surface area (TPSA) is 12.9 Å². The molecule has 1 heterocycles. The smallest absolute Gasteiger partial charge is 0.0406 e. The van der Waals surface area contributed by atoms with Crippen LogP contribution >= 0.6 is 17.0 Å². The third kappa shape index (κ3) is 14.0. The van der Waals surface area contributed by atoms with Crippen LogP contribution in [0.15, 0.2) is 24.4 Å². The largest absolute Gasteiger partial charge is 0.261 e. The van der Waals surface area contributed by atoms with Gasteiger partial charge in [0.1, 0.15) is 0 Å². The lowest BCUT2D eigenvalue weighted by atomic mass is 9.97. The second-order valence-corrected chi connectivity index (χ2v) is 7.31. The zero-order valence-corrected chi connectivity index (χ0v) is 17.9. The van der Waals surface area contributed by atoms with Crippen molar-refractivity contribution in [1.29, 1.82) is 0 Å². The Kier molecular flexibility index (Phi) is 17.2. The summed E-state index contributed by atoms with van der Waals surface area (Å²) in [6, 6.07) is 6.25. The number of pyridine rings is 1. The molecule has 0 bridgehead atoms. The summed E-state index contributed by atoms with van der Waals surface area (Å²) in [6.45, 7) is 4.66. The Balaban J connectivity index is 0.00000529. The van der Waals surface area contributed by atoms with Crippen LogP contribution in [0.5, 0.6) is 0 Å². The highest BCUT2D eigenvalue weighted by molar-refractivity contribution is 8.93. The predicted molar refractivity (Wildman–Crippen MR) is 113 cm³/mol. The first-order valence-electron chi connectivity index (χ1n) is 10.2. The highest BCUT2D eigenvalue weighted by Crippen LogP contribution is 2.16. The molecule has 1 atom stereocenters. The van der Waals surface area contributed by atoms with E-state index in [0.717, 1.165) is 12.3 Å². The quantitative estimate of drug-likeness (QED) is 0.273. The number of hydrogen-bond acceptors (Lipinski definition) is 1. The van der Waals surface area contributed by atoms with E-state index in [-0.39, 0.29) is 17.0 Å². The Hall–Kier alpha value is -0.370. The maximum absolute atomic E-state index is 4.43. The lowest BCUT2D eigenvalue weighted by molar-refractivity contribution is 0.473. The van der Waals surface area contributed by atoms with Crippen LogP contribution in [-0.2, 0) is 6.42 Å². The molecule has 2 heteroatoms. The van der Waals surface area contributed by atoms with Gasteiger partial charge in [-0.1, -0.05) is 103 Å². The van der Waals surface area contributed by atoms with E-state index in [1.807, 2.05) is 12.3 Å². The number of nitrogens with zero attached hydrogens (tertiary/aromatic N) is 1. The minimum Gasteiger partial charge on any atom is -0.261 e. The number of rotatable bonds is 15. The minimum absolute atomic E-state index is 0. The molecule has 0 amide bonds. The molecule has 0 aliphatic carbocycles. The van der Waals surface area contributed by atoms with Crippen LogP contribution in [0.25, 0.3) is 0 Å². The first-order chi connectivity index (χ1) is 11.3. The van der Waals surface area contributed by atoms with Crippen molar-refractivity contribution in [2.24, 2.45) is 5.92 Å². The van der Waals surface area contributed by atoms with Gasteiger partial charge in [-0.3, -0.25) is 4.98 Å². The van der Waals surface area contributed by atoms with Gasteiger partial charge in [-0.25, -0.2) is 0 Å². The summed E-state index contributed by atoms with van der Waals surface area (Å²) >= 11 is 0. The molecule has 0 fully saturated rings. The zero-order chi connectivity index (χ0) is 16.6. The van der Waals surface area contributed by atoms with Gasteiger partial charge >= 0.3 is 0 Å². The maximum atomic E-state index is 4.43. The maximum Gasteiger partial charge on any atom is 0.0406 e. The van der Waals surface area contributed by atoms with E-state index in [1.165, 1.54) is 89.2 Å². The molecule has 0 aliphatic heterocycles. The number of hydrogen-bond donors (Lipinski definition) is 0. The first-order valence-corrected chi connectivity index (χ1v) is 10.2. The first kappa shape index (κ1) is 23.6. The van der Waals surface area contributed by atoms with Gasteiger partial charge in [0.05, 0.1) is 0 Å². The van der Waals surface area contributed by atoms with Gasteiger partial charge in [0.15, 0.2) is 0 Å². The van der Waals surface area contributed by atoms with E-state index < -0.39 is 0 Å². The lowest BCUT2D eigenvalue weighted by Crippen LogP contribution is -2.01. The van der Waals surface area contributed by atoms with E-state index in [1.54, 1.807) is 0 Å². The second kappa shape index (κ2) is 17.5. The third-order valence-corrected chi connectivity index (χ3v) is 4.83. The van der Waals surface area contributed by atoms with Crippen molar-refractivity contribution in [2.75, 3.05) is 0 Å². The average molecular weight is 398 g/mol. The van der Waals surface area contributed by atoms with Gasteiger partial charge in [-0.15, -0.1) is 17.0 Å². The zero-order valence-electron chi connectivity index (χ0n) is 16.1. The molecule has 0 spiro atoms. The molecule has 0 N–H and O–H groups in total. The molecule has 0 aliphatic rings. The van der Waals surface area contributed by atoms with Gasteiger partial charge in [0.2, 0.25) is 0 Å². The van der Waals surface area contributed by atoms with E-state index >= 15 is 0 Å². The van der Waals surface area contributed by atoms with Crippen molar-refractivity contribution in [3.05, 3.63) is 30.1 Å².